The monoisotopic (exact) mass is 225 g/mol. The van der Waals surface area contributed by atoms with Gasteiger partial charge in [-0.05, 0) is 13.3 Å². The van der Waals surface area contributed by atoms with E-state index in [1.165, 1.54) is 9.80 Å². The van der Waals surface area contributed by atoms with Gasteiger partial charge in [-0.3, -0.25) is 9.59 Å². The third kappa shape index (κ3) is 3.89. The Balaban J connectivity index is 4.56. The minimum absolute atomic E-state index is 0.0422. The first-order chi connectivity index (χ1) is 7.47. The van der Waals surface area contributed by atoms with Crippen LogP contribution in [0.25, 0.3) is 0 Å². The molecule has 0 aliphatic rings. The quantitative estimate of drug-likeness (QED) is 0.683. The third-order valence-electron chi connectivity index (χ3n) is 2.38. The van der Waals surface area contributed by atoms with Gasteiger partial charge >= 0.3 is 0 Å². The SMILES string of the molecule is CCC(C#N)C(=O)N(CC)CC(=O)N(C)C. The maximum Gasteiger partial charge on any atom is 0.241 e. The summed E-state index contributed by atoms with van der Waals surface area (Å²) in [6.45, 7) is 4.06. The largest absolute Gasteiger partial charge is 0.347 e. The van der Waals surface area contributed by atoms with Crippen molar-refractivity contribution in [1.29, 1.82) is 5.26 Å². The van der Waals surface area contributed by atoms with Crippen LogP contribution in [0.1, 0.15) is 20.3 Å². The van der Waals surface area contributed by atoms with Crippen molar-refractivity contribution in [1.82, 2.24) is 9.80 Å². The molecule has 16 heavy (non-hydrogen) atoms. The van der Waals surface area contributed by atoms with Gasteiger partial charge in [-0.25, -0.2) is 0 Å². The molecule has 0 spiro atoms. The summed E-state index contributed by atoms with van der Waals surface area (Å²) < 4.78 is 0. The van der Waals surface area contributed by atoms with E-state index >= 15 is 0 Å². The van der Waals surface area contributed by atoms with Gasteiger partial charge in [0.05, 0.1) is 12.6 Å². The molecule has 0 rings (SSSR count). The van der Waals surface area contributed by atoms with Crippen LogP contribution in [0.3, 0.4) is 0 Å². The molecule has 0 aromatic heterocycles. The highest BCUT2D eigenvalue weighted by Crippen LogP contribution is 2.06. The molecule has 5 nitrogen and oxygen atoms in total. The van der Waals surface area contributed by atoms with Crippen LogP contribution < -0.4 is 0 Å². The van der Waals surface area contributed by atoms with Gasteiger partial charge in [0.25, 0.3) is 0 Å². The van der Waals surface area contributed by atoms with Crippen LogP contribution in [0.15, 0.2) is 0 Å². The lowest BCUT2D eigenvalue weighted by molar-refractivity contribution is -0.140. The van der Waals surface area contributed by atoms with Crippen LogP contribution in [0.2, 0.25) is 0 Å². The Kier molecular flexibility index (Phi) is 6.16. The minimum atomic E-state index is -0.644. The van der Waals surface area contributed by atoms with Crippen LogP contribution in [0.4, 0.5) is 0 Å². The van der Waals surface area contributed by atoms with Gasteiger partial charge in [0, 0.05) is 20.6 Å². The van der Waals surface area contributed by atoms with E-state index in [4.69, 9.17) is 5.26 Å². The molecule has 1 unspecified atom stereocenters. The molecule has 2 amide bonds. The number of hydrogen-bond acceptors (Lipinski definition) is 3. The van der Waals surface area contributed by atoms with Gasteiger partial charge in [-0.15, -0.1) is 0 Å². The number of hydrogen-bond donors (Lipinski definition) is 0. The van der Waals surface area contributed by atoms with Crippen molar-refractivity contribution in [3.8, 4) is 6.07 Å². The Morgan fingerprint density at radius 1 is 1.31 bits per heavy atom. The average molecular weight is 225 g/mol. The first kappa shape index (κ1) is 14.4. The molecule has 0 N–H and O–H groups in total. The zero-order valence-electron chi connectivity index (χ0n) is 10.4. The fourth-order valence-corrected chi connectivity index (χ4v) is 1.19. The Morgan fingerprint density at radius 2 is 1.88 bits per heavy atom. The molecule has 0 saturated carbocycles. The number of carbonyl (C=O) groups excluding carboxylic acids is 2. The van der Waals surface area contributed by atoms with Crippen molar-refractivity contribution in [2.45, 2.75) is 20.3 Å². The summed E-state index contributed by atoms with van der Waals surface area (Å²) in [5.74, 6) is -1.04. The van der Waals surface area contributed by atoms with E-state index < -0.39 is 5.92 Å². The van der Waals surface area contributed by atoms with Gasteiger partial charge in [-0.1, -0.05) is 6.92 Å². The number of nitriles is 1. The molecule has 90 valence electrons. The molecule has 1 atom stereocenters. The van der Waals surface area contributed by atoms with Crippen LogP contribution in [-0.2, 0) is 9.59 Å². The van der Waals surface area contributed by atoms with Crippen LogP contribution >= 0.6 is 0 Å². The average Bonchev–Trinajstić information content (AvgIpc) is 2.26. The molecule has 0 radical (unpaired) electrons. The highest BCUT2D eigenvalue weighted by Gasteiger charge is 2.23. The van der Waals surface area contributed by atoms with Gasteiger partial charge < -0.3 is 9.80 Å². The Labute approximate surface area is 96.6 Å². The number of likely N-dealkylation sites (N-methyl/N-ethyl adjacent to an activating group) is 2. The predicted molar refractivity (Wildman–Crippen MR) is 60.3 cm³/mol. The Bertz CT molecular complexity index is 294. The summed E-state index contributed by atoms with van der Waals surface area (Å²) in [5, 5.41) is 8.79. The number of rotatable bonds is 5. The number of amides is 2. The molecule has 0 saturated heterocycles. The molecule has 0 fully saturated rings. The Morgan fingerprint density at radius 3 is 2.19 bits per heavy atom. The summed E-state index contributed by atoms with van der Waals surface area (Å²) in [6, 6.07) is 1.95. The highest BCUT2D eigenvalue weighted by molar-refractivity contribution is 5.86. The van der Waals surface area contributed by atoms with E-state index in [2.05, 4.69) is 0 Å². The summed E-state index contributed by atoms with van der Waals surface area (Å²) in [5.41, 5.74) is 0. The second-order valence-electron chi connectivity index (χ2n) is 3.73. The molecule has 0 aliphatic heterocycles. The second kappa shape index (κ2) is 6.83. The van der Waals surface area contributed by atoms with Gasteiger partial charge in [0.1, 0.15) is 5.92 Å². The van der Waals surface area contributed by atoms with Crippen LogP contribution in [0, 0.1) is 17.2 Å². The van der Waals surface area contributed by atoms with E-state index in [0.717, 1.165) is 0 Å². The molecule has 5 heteroatoms. The molecule has 0 heterocycles. The molecule has 0 bridgehead atoms. The first-order valence-corrected chi connectivity index (χ1v) is 5.36. The zero-order valence-corrected chi connectivity index (χ0v) is 10.4. The second-order valence-corrected chi connectivity index (χ2v) is 3.73. The van der Waals surface area contributed by atoms with Crippen molar-refractivity contribution in [3.63, 3.8) is 0 Å². The van der Waals surface area contributed by atoms with E-state index in [9.17, 15) is 9.59 Å². The fraction of sp³-hybridized carbons (Fsp3) is 0.727. The predicted octanol–water partition coefficient (Wildman–Crippen LogP) is 0.473. The maximum atomic E-state index is 11.8. The number of nitrogens with zero attached hydrogens (tertiary/aromatic N) is 3. The lowest BCUT2D eigenvalue weighted by Crippen LogP contribution is -2.42. The number of carbonyl (C=O) groups is 2. The summed E-state index contributed by atoms with van der Waals surface area (Å²) in [4.78, 5) is 26.1. The normalized spacial score (nSPS) is 11.4. The van der Waals surface area contributed by atoms with Crippen LogP contribution in [0.5, 0.6) is 0 Å². The molecular formula is C11H19N3O2. The summed E-state index contributed by atoms with van der Waals surface area (Å²) in [7, 11) is 3.28. The lowest BCUT2D eigenvalue weighted by Gasteiger charge is -2.23. The lowest BCUT2D eigenvalue weighted by atomic mass is 10.1. The highest BCUT2D eigenvalue weighted by atomic mass is 16.2. The molecule has 0 aromatic carbocycles. The van der Waals surface area contributed by atoms with E-state index in [1.807, 2.05) is 6.07 Å². The fourth-order valence-electron chi connectivity index (χ4n) is 1.19. The van der Waals surface area contributed by atoms with E-state index in [1.54, 1.807) is 27.9 Å². The van der Waals surface area contributed by atoms with E-state index in [-0.39, 0.29) is 18.4 Å². The zero-order chi connectivity index (χ0) is 12.7. The smallest absolute Gasteiger partial charge is 0.241 e. The first-order valence-electron chi connectivity index (χ1n) is 5.36. The van der Waals surface area contributed by atoms with Crippen molar-refractivity contribution in [2.75, 3.05) is 27.2 Å². The standard InChI is InChI=1S/C11H19N3O2/c1-5-9(7-12)11(16)14(6-2)8-10(15)13(3)4/h9H,5-6,8H2,1-4H3. The van der Waals surface area contributed by atoms with Gasteiger partial charge in [-0.2, -0.15) is 5.26 Å². The molecular weight excluding hydrogens is 206 g/mol. The van der Waals surface area contributed by atoms with Gasteiger partial charge in [0.15, 0.2) is 0 Å². The Hall–Kier alpha value is -1.57. The van der Waals surface area contributed by atoms with E-state index in [0.29, 0.717) is 13.0 Å². The van der Waals surface area contributed by atoms with Crippen molar-refractivity contribution < 1.29 is 9.59 Å². The van der Waals surface area contributed by atoms with Crippen LogP contribution in [-0.4, -0.2) is 48.8 Å². The maximum absolute atomic E-state index is 11.8. The molecule has 0 aromatic rings. The summed E-state index contributed by atoms with van der Waals surface area (Å²) >= 11 is 0. The van der Waals surface area contributed by atoms with Gasteiger partial charge in [0.2, 0.25) is 11.8 Å². The topological polar surface area (TPSA) is 64.4 Å². The molecule has 0 aliphatic carbocycles. The van der Waals surface area contributed by atoms with Crippen molar-refractivity contribution >= 4 is 11.8 Å². The third-order valence-corrected chi connectivity index (χ3v) is 2.38. The van der Waals surface area contributed by atoms with Crippen molar-refractivity contribution in [3.05, 3.63) is 0 Å². The van der Waals surface area contributed by atoms with Crippen molar-refractivity contribution in [2.24, 2.45) is 5.92 Å². The minimum Gasteiger partial charge on any atom is -0.347 e. The summed E-state index contributed by atoms with van der Waals surface area (Å²) in [6.07, 6.45) is 0.474.